The number of hydrogen-bond donors (Lipinski definition) is 1. The minimum absolute atomic E-state index is 0.0447. The molecule has 1 saturated carbocycles. The van der Waals surface area contributed by atoms with Crippen LogP contribution >= 0.6 is 11.3 Å². The molecule has 2 aromatic rings. The number of nitrogens with one attached hydrogen (secondary N) is 1. The Morgan fingerprint density at radius 2 is 1.90 bits per heavy atom. The van der Waals surface area contributed by atoms with Crippen LogP contribution in [-0.4, -0.2) is 45.0 Å². The number of aryl methyl sites for hydroxylation is 2. The van der Waals surface area contributed by atoms with E-state index in [4.69, 9.17) is 0 Å². The fraction of sp³-hybridized carbons (Fsp3) is 0.632. The molecule has 2 aliphatic rings. The Labute approximate surface area is 178 Å². The molecule has 1 N–H and O–H groups in total. The van der Waals surface area contributed by atoms with Gasteiger partial charge in [0.15, 0.2) is 0 Å². The molecule has 170 valence electrons. The van der Waals surface area contributed by atoms with Crippen molar-refractivity contribution in [3.8, 4) is 0 Å². The standard InChI is InChI=1S/C19H22F4N4O3S/c1-10-12(9-25-6-4-24-16(25)29)31-15-13(10)14(28)27(11-7-18(2,20)8-11)17(30)26(15)5-3-19(21,22)23/h11H,3-9H2,1-2H3,(H,24,29). The summed E-state index contributed by atoms with van der Waals surface area (Å²) in [7, 11) is 0. The van der Waals surface area contributed by atoms with E-state index in [0.717, 1.165) is 20.5 Å². The van der Waals surface area contributed by atoms with Crippen molar-refractivity contribution in [2.45, 2.75) is 64.1 Å². The zero-order chi connectivity index (χ0) is 22.7. The molecule has 0 bridgehead atoms. The number of thiophene rings is 1. The highest BCUT2D eigenvalue weighted by molar-refractivity contribution is 7.18. The normalized spacial score (nSPS) is 24.0. The van der Waals surface area contributed by atoms with Gasteiger partial charge in [-0.3, -0.25) is 13.9 Å². The summed E-state index contributed by atoms with van der Waals surface area (Å²) in [5, 5.41) is 2.83. The molecule has 1 aliphatic heterocycles. The molecule has 0 atom stereocenters. The lowest BCUT2D eigenvalue weighted by Gasteiger charge is -2.39. The van der Waals surface area contributed by atoms with Crippen LogP contribution in [0, 0.1) is 6.92 Å². The van der Waals surface area contributed by atoms with E-state index >= 15 is 0 Å². The van der Waals surface area contributed by atoms with Gasteiger partial charge >= 0.3 is 17.9 Å². The predicted molar refractivity (Wildman–Crippen MR) is 107 cm³/mol. The van der Waals surface area contributed by atoms with E-state index in [1.165, 1.54) is 11.8 Å². The Balaban J connectivity index is 1.85. The predicted octanol–water partition coefficient (Wildman–Crippen LogP) is 3.07. The SMILES string of the molecule is Cc1c(CN2CCNC2=O)sc2c1c(=O)n(C1CC(C)(F)C1)c(=O)n2CCC(F)(F)F. The second kappa shape index (κ2) is 7.35. The molecule has 7 nitrogen and oxygen atoms in total. The van der Waals surface area contributed by atoms with Crippen molar-refractivity contribution < 1.29 is 22.4 Å². The Bertz CT molecular complexity index is 1160. The molecule has 1 saturated heterocycles. The zero-order valence-corrected chi connectivity index (χ0v) is 17.8. The fourth-order valence-corrected chi connectivity index (χ4v) is 5.59. The molecule has 31 heavy (non-hydrogen) atoms. The summed E-state index contributed by atoms with van der Waals surface area (Å²) in [5.74, 6) is 0. The van der Waals surface area contributed by atoms with Crippen molar-refractivity contribution in [1.82, 2.24) is 19.4 Å². The zero-order valence-electron chi connectivity index (χ0n) is 17.0. The van der Waals surface area contributed by atoms with Gasteiger partial charge in [-0.25, -0.2) is 14.0 Å². The lowest BCUT2D eigenvalue weighted by atomic mass is 9.78. The van der Waals surface area contributed by atoms with E-state index in [2.05, 4.69) is 5.32 Å². The maximum atomic E-state index is 14.1. The summed E-state index contributed by atoms with van der Waals surface area (Å²) in [6.45, 7) is 3.53. The van der Waals surface area contributed by atoms with Crippen molar-refractivity contribution in [2.24, 2.45) is 0 Å². The van der Waals surface area contributed by atoms with Crippen LogP contribution in [0.25, 0.3) is 10.2 Å². The summed E-state index contributed by atoms with van der Waals surface area (Å²) in [4.78, 5) is 40.5. The van der Waals surface area contributed by atoms with Gasteiger partial charge in [-0.05, 0) is 19.4 Å². The number of amides is 2. The summed E-state index contributed by atoms with van der Waals surface area (Å²) in [6.07, 6.45) is -5.80. The van der Waals surface area contributed by atoms with Crippen molar-refractivity contribution >= 4 is 27.6 Å². The molecule has 4 rings (SSSR count). The Morgan fingerprint density at radius 3 is 2.45 bits per heavy atom. The van der Waals surface area contributed by atoms with Crippen LogP contribution in [0.4, 0.5) is 22.4 Å². The van der Waals surface area contributed by atoms with Crippen molar-refractivity contribution in [1.29, 1.82) is 0 Å². The second-order valence-electron chi connectivity index (χ2n) is 8.43. The minimum Gasteiger partial charge on any atom is -0.336 e. The molecular formula is C19H22F4N4O3S. The van der Waals surface area contributed by atoms with Crippen LogP contribution in [0.1, 0.15) is 42.7 Å². The number of aromatic nitrogens is 2. The van der Waals surface area contributed by atoms with Gasteiger partial charge < -0.3 is 10.2 Å². The smallest absolute Gasteiger partial charge is 0.336 e. The van der Waals surface area contributed by atoms with Gasteiger partial charge in [0.1, 0.15) is 10.5 Å². The van der Waals surface area contributed by atoms with Crippen LogP contribution in [-0.2, 0) is 13.1 Å². The lowest BCUT2D eigenvalue weighted by Crippen LogP contribution is -2.49. The molecular weight excluding hydrogens is 440 g/mol. The third-order valence-corrected chi connectivity index (χ3v) is 7.23. The molecule has 2 aromatic heterocycles. The Morgan fingerprint density at radius 1 is 1.23 bits per heavy atom. The first-order valence-corrected chi connectivity index (χ1v) is 10.8. The molecule has 1 aliphatic carbocycles. The molecule has 2 fully saturated rings. The highest BCUT2D eigenvalue weighted by Crippen LogP contribution is 2.43. The highest BCUT2D eigenvalue weighted by Gasteiger charge is 2.43. The molecule has 0 unspecified atom stereocenters. The van der Waals surface area contributed by atoms with Gasteiger partial charge in [-0.1, -0.05) is 0 Å². The maximum Gasteiger partial charge on any atom is 0.390 e. The van der Waals surface area contributed by atoms with E-state index in [-0.39, 0.29) is 35.6 Å². The quantitative estimate of drug-likeness (QED) is 0.694. The van der Waals surface area contributed by atoms with Gasteiger partial charge in [-0.15, -0.1) is 11.3 Å². The number of nitrogens with zero attached hydrogens (tertiary/aromatic N) is 3. The van der Waals surface area contributed by atoms with Gasteiger partial charge in [0.2, 0.25) is 0 Å². The van der Waals surface area contributed by atoms with Crippen molar-refractivity contribution in [3.63, 3.8) is 0 Å². The number of carbonyl (C=O) groups excluding carboxylic acids is 1. The van der Waals surface area contributed by atoms with E-state index in [1.807, 2.05) is 0 Å². The monoisotopic (exact) mass is 462 g/mol. The van der Waals surface area contributed by atoms with Crippen LogP contribution in [0.3, 0.4) is 0 Å². The van der Waals surface area contributed by atoms with Crippen LogP contribution < -0.4 is 16.6 Å². The number of halogens is 4. The summed E-state index contributed by atoms with van der Waals surface area (Å²) in [6, 6.07) is -0.955. The van der Waals surface area contributed by atoms with E-state index in [1.54, 1.807) is 6.92 Å². The summed E-state index contributed by atoms with van der Waals surface area (Å²) < 4.78 is 54.7. The first-order valence-electron chi connectivity index (χ1n) is 9.94. The average Bonchev–Trinajstić information content (AvgIpc) is 3.16. The van der Waals surface area contributed by atoms with Gasteiger partial charge in [0.05, 0.1) is 18.4 Å². The first-order chi connectivity index (χ1) is 14.4. The summed E-state index contributed by atoms with van der Waals surface area (Å²) in [5.41, 5.74) is -2.45. The first kappa shape index (κ1) is 21.8. The van der Waals surface area contributed by atoms with Gasteiger partial charge in [0, 0.05) is 43.4 Å². The number of urea groups is 1. The second-order valence-corrected chi connectivity index (χ2v) is 9.52. The fourth-order valence-electron chi connectivity index (χ4n) is 4.26. The third-order valence-electron chi connectivity index (χ3n) is 5.93. The van der Waals surface area contributed by atoms with Crippen LogP contribution in [0.15, 0.2) is 9.59 Å². The number of rotatable bonds is 5. The highest BCUT2D eigenvalue weighted by atomic mass is 32.1. The molecule has 0 spiro atoms. The van der Waals surface area contributed by atoms with Crippen LogP contribution in [0.2, 0.25) is 0 Å². The number of fused-ring (bicyclic) bond motifs is 1. The van der Waals surface area contributed by atoms with Crippen molar-refractivity contribution in [3.05, 3.63) is 31.3 Å². The molecule has 12 heteroatoms. The van der Waals surface area contributed by atoms with Gasteiger partial charge in [0.25, 0.3) is 5.56 Å². The van der Waals surface area contributed by atoms with Crippen molar-refractivity contribution in [2.75, 3.05) is 13.1 Å². The summed E-state index contributed by atoms with van der Waals surface area (Å²) >= 11 is 1.05. The lowest BCUT2D eigenvalue weighted by molar-refractivity contribution is -0.136. The van der Waals surface area contributed by atoms with E-state index < -0.39 is 42.1 Å². The molecule has 0 radical (unpaired) electrons. The Kier molecular flexibility index (Phi) is 5.18. The van der Waals surface area contributed by atoms with Crippen LogP contribution in [0.5, 0.6) is 0 Å². The number of hydrogen-bond acceptors (Lipinski definition) is 4. The van der Waals surface area contributed by atoms with E-state index in [0.29, 0.717) is 23.5 Å². The minimum atomic E-state index is -4.48. The molecule has 2 amide bonds. The number of carbonyl (C=O) groups is 1. The maximum absolute atomic E-state index is 14.1. The molecule has 0 aromatic carbocycles. The Hall–Kier alpha value is -2.37. The van der Waals surface area contributed by atoms with E-state index in [9.17, 15) is 31.9 Å². The topological polar surface area (TPSA) is 76.3 Å². The van der Waals surface area contributed by atoms with Gasteiger partial charge in [-0.2, -0.15) is 13.2 Å². The number of alkyl halides is 4. The largest absolute Gasteiger partial charge is 0.390 e. The molecule has 3 heterocycles. The average molecular weight is 462 g/mol. The third kappa shape index (κ3) is 3.97.